The fourth-order valence-corrected chi connectivity index (χ4v) is 4.57. The van der Waals surface area contributed by atoms with Gasteiger partial charge in [0.2, 0.25) is 0 Å². The zero-order chi connectivity index (χ0) is 20.7. The van der Waals surface area contributed by atoms with E-state index in [-0.39, 0.29) is 11.1 Å². The molecule has 0 atom stereocenters. The molecular weight excluding hydrogens is 427 g/mol. The first kappa shape index (κ1) is 19.8. The second-order valence-electron chi connectivity index (χ2n) is 6.61. The number of carbonyl (C=O) groups is 2. The van der Waals surface area contributed by atoms with E-state index < -0.39 is 0 Å². The number of aryl methyl sites for hydroxylation is 1. The lowest BCUT2D eigenvalue weighted by Gasteiger charge is -2.12. The zero-order valence-electron chi connectivity index (χ0n) is 15.6. The van der Waals surface area contributed by atoms with Crippen LogP contribution in [0.1, 0.15) is 17.0 Å². The maximum atomic E-state index is 12.9. The van der Waals surface area contributed by atoms with Gasteiger partial charge >= 0.3 is 0 Å². The van der Waals surface area contributed by atoms with Crippen LogP contribution >= 0.6 is 35.0 Å². The Morgan fingerprint density at radius 2 is 1.69 bits per heavy atom. The number of nitrogens with zero attached hydrogens (tertiary/aromatic N) is 2. The summed E-state index contributed by atoms with van der Waals surface area (Å²) in [5, 5.41) is 0.855. The summed E-state index contributed by atoms with van der Waals surface area (Å²) in [5.41, 5.74) is 4.02. The number of imide groups is 1. The van der Waals surface area contributed by atoms with E-state index in [1.54, 1.807) is 48.5 Å². The van der Waals surface area contributed by atoms with Crippen LogP contribution in [0.4, 0.5) is 10.5 Å². The molecule has 0 saturated carbocycles. The summed E-state index contributed by atoms with van der Waals surface area (Å²) in [4.78, 5) is 26.9. The van der Waals surface area contributed by atoms with Gasteiger partial charge in [0.15, 0.2) is 0 Å². The SMILES string of the molecule is Cc1cc(C=C2SC(=O)N(c3ccccc3)C2=O)c(C)n1-c1cc(Cl)ccc1Cl. The average Bonchev–Trinajstić information content (AvgIpc) is 3.13. The Bertz CT molecular complexity index is 1170. The number of anilines is 1. The summed E-state index contributed by atoms with van der Waals surface area (Å²) in [6, 6.07) is 16.2. The maximum absolute atomic E-state index is 12.9. The highest BCUT2D eigenvalue weighted by atomic mass is 35.5. The summed E-state index contributed by atoms with van der Waals surface area (Å²) in [6.07, 6.45) is 1.76. The van der Waals surface area contributed by atoms with Gasteiger partial charge in [0, 0.05) is 16.4 Å². The summed E-state index contributed by atoms with van der Waals surface area (Å²) >= 11 is 13.5. The van der Waals surface area contributed by atoms with Crippen LogP contribution in [0.3, 0.4) is 0 Å². The topological polar surface area (TPSA) is 42.3 Å². The Hall–Kier alpha value is -2.47. The summed E-state index contributed by atoms with van der Waals surface area (Å²) in [7, 11) is 0. The van der Waals surface area contributed by atoms with Crippen LogP contribution in [0.25, 0.3) is 11.8 Å². The highest BCUT2D eigenvalue weighted by Crippen LogP contribution is 2.37. The van der Waals surface area contributed by atoms with Crippen molar-refractivity contribution in [3.63, 3.8) is 0 Å². The van der Waals surface area contributed by atoms with Crippen molar-refractivity contribution in [1.29, 1.82) is 0 Å². The number of rotatable bonds is 3. The molecule has 1 fully saturated rings. The van der Waals surface area contributed by atoms with Crippen molar-refractivity contribution >= 4 is 57.9 Å². The lowest BCUT2D eigenvalue weighted by Crippen LogP contribution is -2.27. The molecule has 0 aliphatic carbocycles. The van der Waals surface area contributed by atoms with E-state index in [1.807, 2.05) is 30.5 Å². The number of aromatic nitrogens is 1. The third-order valence-corrected chi connectivity index (χ3v) is 6.14. The summed E-state index contributed by atoms with van der Waals surface area (Å²) in [5.74, 6) is -0.322. The lowest BCUT2D eigenvalue weighted by atomic mass is 10.2. The standard InChI is InChI=1S/C22H16Cl2N2O2S/c1-13-10-15(14(2)25(13)19-12-16(23)8-9-18(19)24)11-20-21(27)26(22(28)29-20)17-6-4-3-5-7-17/h3-12H,1-2H3. The number of hydrogen-bond acceptors (Lipinski definition) is 3. The van der Waals surface area contributed by atoms with Gasteiger partial charge in [-0.05, 0) is 73.6 Å². The minimum atomic E-state index is -0.322. The van der Waals surface area contributed by atoms with Crippen molar-refractivity contribution in [3.8, 4) is 5.69 Å². The van der Waals surface area contributed by atoms with Crippen molar-refractivity contribution in [2.24, 2.45) is 0 Å². The third-order valence-electron chi connectivity index (χ3n) is 4.71. The van der Waals surface area contributed by atoms with Gasteiger partial charge in [-0.1, -0.05) is 41.4 Å². The molecule has 0 N–H and O–H groups in total. The Morgan fingerprint density at radius 1 is 0.966 bits per heavy atom. The number of amides is 2. The van der Waals surface area contributed by atoms with Gasteiger partial charge in [-0.2, -0.15) is 0 Å². The van der Waals surface area contributed by atoms with Crippen molar-refractivity contribution in [1.82, 2.24) is 4.57 Å². The highest BCUT2D eigenvalue weighted by Gasteiger charge is 2.36. The van der Waals surface area contributed by atoms with Crippen molar-refractivity contribution < 1.29 is 9.59 Å². The van der Waals surface area contributed by atoms with Crippen LogP contribution in [0, 0.1) is 13.8 Å². The van der Waals surface area contributed by atoms with E-state index in [0.29, 0.717) is 20.6 Å². The molecule has 1 aromatic heterocycles. The maximum Gasteiger partial charge on any atom is 0.298 e. The molecule has 4 rings (SSSR count). The summed E-state index contributed by atoms with van der Waals surface area (Å²) < 4.78 is 1.99. The van der Waals surface area contributed by atoms with Crippen LogP contribution in [-0.4, -0.2) is 15.7 Å². The number of benzene rings is 2. The normalized spacial score (nSPS) is 15.6. The molecule has 2 aromatic carbocycles. The van der Waals surface area contributed by atoms with Crippen LogP contribution in [0.15, 0.2) is 59.5 Å². The minimum absolute atomic E-state index is 0.306. The third kappa shape index (κ3) is 3.62. The van der Waals surface area contributed by atoms with Crippen LogP contribution in [0.5, 0.6) is 0 Å². The molecule has 7 heteroatoms. The van der Waals surface area contributed by atoms with Crippen molar-refractivity contribution in [3.05, 3.63) is 86.5 Å². The van der Waals surface area contributed by atoms with Gasteiger partial charge in [0.25, 0.3) is 11.1 Å². The fraction of sp³-hybridized carbons (Fsp3) is 0.0909. The van der Waals surface area contributed by atoms with Gasteiger partial charge < -0.3 is 4.57 Å². The molecule has 4 nitrogen and oxygen atoms in total. The minimum Gasteiger partial charge on any atom is -0.316 e. The molecular formula is C22H16Cl2N2O2S. The molecule has 1 aliphatic rings. The Kier molecular flexibility index (Phi) is 5.30. The Labute approximate surface area is 182 Å². The predicted octanol–water partition coefficient (Wildman–Crippen LogP) is 6.64. The molecule has 3 aromatic rings. The smallest absolute Gasteiger partial charge is 0.298 e. The molecule has 0 radical (unpaired) electrons. The van der Waals surface area contributed by atoms with E-state index >= 15 is 0 Å². The van der Waals surface area contributed by atoms with E-state index in [0.717, 1.165) is 34.4 Å². The molecule has 0 unspecified atom stereocenters. The molecule has 2 amide bonds. The average molecular weight is 443 g/mol. The van der Waals surface area contributed by atoms with Crippen molar-refractivity contribution in [2.45, 2.75) is 13.8 Å². The first-order chi connectivity index (χ1) is 13.9. The Balaban J connectivity index is 1.74. The molecule has 2 heterocycles. The molecule has 0 spiro atoms. The van der Waals surface area contributed by atoms with E-state index in [2.05, 4.69) is 0 Å². The van der Waals surface area contributed by atoms with Crippen LogP contribution < -0.4 is 4.90 Å². The largest absolute Gasteiger partial charge is 0.316 e. The quantitative estimate of drug-likeness (QED) is 0.426. The van der Waals surface area contributed by atoms with Gasteiger partial charge in [0.05, 0.1) is 21.3 Å². The van der Waals surface area contributed by atoms with E-state index in [4.69, 9.17) is 23.2 Å². The first-order valence-electron chi connectivity index (χ1n) is 8.84. The van der Waals surface area contributed by atoms with Gasteiger partial charge in [-0.3, -0.25) is 9.59 Å². The van der Waals surface area contributed by atoms with E-state index in [9.17, 15) is 9.59 Å². The van der Waals surface area contributed by atoms with E-state index in [1.165, 1.54) is 4.90 Å². The van der Waals surface area contributed by atoms with Gasteiger partial charge in [-0.25, -0.2) is 4.90 Å². The number of para-hydroxylation sites is 1. The second-order valence-corrected chi connectivity index (χ2v) is 8.45. The van der Waals surface area contributed by atoms with Crippen LogP contribution in [-0.2, 0) is 4.79 Å². The molecule has 0 bridgehead atoms. The fourth-order valence-electron chi connectivity index (χ4n) is 3.37. The van der Waals surface area contributed by atoms with Crippen molar-refractivity contribution in [2.75, 3.05) is 4.90 Å². The lowest BCUT2D eigenvalue weighted by molar-refractivity contribution is -0.113. The predicted molar refractivity (Wildman–Crippen MR) is 120 cm³/mol. The van der Waals surface area contributed by atoms with Gasteiger partial charge in [0.1, 0.15) is 0 Å². The summed E-state index contributed by atoms with van der Waals surface area (Å²) in [6.45, 7) is 3.90. The number of hydrogen-bond donors (Lipinski definition) is 0. The Morgan fingerprint density at radius 3 is 2.41 bits per heavy atom. The zero-order valence-corrected chi connectivity index (χ0v) is 18.0. The van der Waals surface area contributed by atoms with Gasteiger partial charge in [-0.15, -0.1) is 0 Å². The molecule has 146 valence electrons. The monoisotopic (exact) mass is 442 g/mol. The van der Waals surface area contributed by atoms with Crippen LogP contribution in [0.2, 0.25) is 10.0 Å². The highest BCUT2D eigenvalue weighted by molar-refractivity contribution is 8.19. The first-order valence-corrected chi connectivity index (χ1v) is 10.4. The number of carbonyl (C=O) groups excluding carboxylic acids is 2. The molecule has 1 aliphatic heterocycles. The number of thioether (sulfide) groups is 1. The number of halogens is 2. The molecule has 29 heavy (non-hydrogen) atoms. The molecule has 1 saturated heterocycles. The second kappa shape index (κ2) is 7.75.